The first-order chi connectivity index (χ1) is 9.31. The summed E-state index contributed by atoms with van der Waals surface area (Å²) in [7, 11) is 0. The molecule has 1 aromatic carbocycles. The van der Waals surface area contributed by atoms with E-state index in [9.17, 15) is 4.79 Å². The van der Waals surface area contributed by atoms with Crippen LogP contribution in [0.2, 0.25) is 0 Å². The van der Waals surface area contributed by atoms with Gasteiger partial charge in [-0.15, -0.1) is 0 Å². The van der Waals surface area contributed by atoms with Gasteiger partial charge in [0.1, 0.15) is 5.60 Å². The lowest BCUT2D eigenvalue weighted by Crippen LogP contribution is -2.43. The molecule has 0 aromatic heterocycles. The third-order valence-electron chi connectivity index (χ3n) is 3.33. The fourth-order valence-corrected chi connectivity index (χ4v) is 2.01. The largest absolute Gasteiger partial charge is 0.444 e. The molecule has 1 amide bonds. The number of alkyl carbamates (subject to hydrolysis) is 1. The van der Waals surface area contributed by atoms with Crippen LogP contribution in [0.1, 0.15) is 46.6 Å². The minimum absolute atomic E-state index is 0.0947. The van der Waals surface area contributed by atoms with Gasteiger partial charge in [0.25, 0.3) is 0 Å². The van der Waals surface area contributed by atoms with Gasteiger partial charge in [0, 0.05) is 6.04 Å². The smallest absolute Gasteiger partial charge is 0.407 e. The summed E-state index contributed by atoms with van der Waals surface area (Å²) in [6.07, 6.45) is 1.52. The van der Waals surface area contributed by atoms with Gasteiger partial charge in [0.2, 0.25) is 0 Å². The molecule has 1 N–H and O–H groups in total. The van der Waals surface area contributed by atoms with Crippen LogP contribution in [0.15, 0.2) is 30.3 Å². The molecule has 0 saturated heterocycles. The number of hydrogen-bond donors (Lipinski definition) is 1. The Labute approximate surface area is 122 Å². The molecule has 1 unspecified atom stereocenters. The quantitative estimate of drug-likeness (QED) is 0.877. The fourth-order valence-electron chi connectivity index (χ4n) is 2.01. The van der Waals surface area contributed by atoms with E-state index in [2.05, 4.69) is 31.3 Å². The van der Waals surface area contributed by atoms with Gasteiger partial charge in [-0.2, -0.15) is 0 Å². The Balaban J connectivity index is 2.68. The van der Waals surface area contributed by atoms with Gasteiger partial charge in [0.05, 0.1) is 0 Å². The van der Waals surface area contributed by atoms with E-state index in [-0.39, 0.29) is 12.1 Å². The maximum atomic E-state index is 11.9. The molecular formula is C17H27NO2. The molecule has 112 valence electrons. The molecule has 0 saturated carbocycles. The Morgan fingerprint density at radius 2 is 1.85 bits per heavy atom. The van der Waals surface area contributed by atoms with Crippen LogP contribution in [0, 0.1) is 5.92 Å². The summed E-state index contributed by atoms with van der Waals surface area (Å²) in [6, 6.07) is 10.3. The average molecular weight is 277 g/mol. The maximum Gasteiger partial charge on any atom is 0.407 e. The number of hydrogen-bond acceptors (Lipinski definition) is 2. The van der Waals surface area contributed by atoms with Crippen LogP contribution in [-0.2, 0) is 11.2 Å². The molecule has 0 fully saturated rings. The lowest BCUT2D eigenvalue weighted by molar-refractivity contribution is 0.0487. The van der Waals surface area contributed by atoms with Crippen molar-refractivity contribution >= 4 is 6.09 Å². The van der Waals surface area contributed by atoms with Crippen LogP contribution >= 0.6 is 0 Å². The Morgan fingerprint density at radius 1 is 1.25 bits per heavy atom. The first-order valence-electron chi connectivity index (χ1n) is 7.35. The first-order valence-corrected chi connectivity index (χ1v) is 7.35. The molecule has 3 heteroatoms. The van der Waals surface area contributed by atoms with E-state index in [0.29, 0.717) is 5.92 Å². The first kappa shape index (κ1) is 16.5. The van der Waals surface area contributed by atoms with E-state index < -0.39 is 5.60 Å². The number of benzene rings is 1. The van der Waals surface area contributed by atoms with Gasteiger partial charge >= 0.3 is 6.09 Å². The van der Waals surface area contributed by atoms with E-state index in [4.69, 9.17) is 4.74 Å². The van der Waals surface area contributed by atoms with Crippen molar-refractivity contribution in [3.8, 4) is 0 Å². The summed E-state index contributed by atoms with van der Waals surface area (Å²) in [6.45, 7) is 9.93. The highest BCUT2D eigenvalue weighted by Crippen LogP contribution is 2.15. The zero-order chi connectivity index (χ0) is 15.2. The standard InChI is InChI=1S/C17H27NO2/c1-6-13(2)15(12-14-10-8-7-9-11-14)18-16(19)20-17(3,4)5/h7-11,13,15H,6,12H2,1-5H3,(H,18,19)/t13?,15-/m0/s1. The predicted octanol–water partition coefficient (Wildman–Crippen LogP) is 4.17. The number of rotatable bonds is 5. The SMILES string of the molecule is CCC(C)[C@H](Cc1ccccc1)NC(=O)OC(C)(C)C. The van der Waals surface area contributed by atoms with Crippen molar-refractivity contribution in [1.29, 1.82) is 0 Å². The van der Waals surface area contributed by atoms with Crippen LogP contribution < -0.4 is 5.32 Å². The van der Waals surface area contributed by atoms with E-state index >= 15 is 0 Å². The van der Waals surface area contributed by atoms with Crippen molar-refractivity contribution in [2.45, 2.75) is 59.1 Å². The van der Waals surface area contributed by atoms with Crippen LogP contribution in [0.25, 0.3) is 0 Å². The number of carbonyl (C=O) groups is 1. The Hall–Kier alpha value is -1.51. The van der Waals surface area contributed by atoms with Gasteiger partial charge in [-0.25, -0.2) is 4.79 Å². The van der Waals surface area contributed by atoms with Gasteiger partial charge in [-0.05, 0) is 38.7 Å². The Kier molecular flexibility index (Phi) is 6.05. The summed E-state index contributed by atoms with van der Waals surface area (Å²) in [5, 5.41) is 3.01. The molecule has 0 aliphatic carbocycles. The van der Waals surface area contributed by atoms with Gasteiger partial charge < -0.3 is 10.1 Å². The monoisotopic (exact) mass is 277 g/mol. The van der Waals surface area contributed by atoms with Gasteiger partial charge in [0.15, 0.2) is 0 Å². The number of carbonyl (C=O) groups excluding carboxylic acids is 1. The Bertz CT molecular complexity index is 409. The average Bonchev–Trinajstić information content (AvgIpc) is 2.36. The topological polar surface area (TPSA) is 38.3 Å². The van der Waals surface area contributed by atoms with Gasteiger partial charge in [-0.3, -0.25) is 0 Å². The second-order valence-electron chi connectivity index (χ2n) is 6.33. The highest BCUT2D eigenvalue weighted by Gasteiger charge is 2.22. The van der Waals surface area contributed by atoms with Crippen molar-refractivity contribution in [2.75, 3.05) is 0 Å². The minimum Gasteiger partial charge on any atom is -0.444 e. The van der Waals surface area contributed by atoms with Crippen molar-refractivity contribution in [1.82, 2.24) is 5.32 Å². The van der Waals surface area contributed by atoms with Crippen molar-refractivity contribution in [3.05, 3.63) is 35.9 Å². The normalized spacial score (nSPS) is 14.4. The summed E-state index contributed by atoms with van der Waals surface area (Å²) in [5.41, 5.74) is 0.769. The molecule has 0 aliphatic rings. The Morgan fingerprint density at radius 3 is 2.35 bits per heavy atom. The summed E-state index contributed by atoms with van der Waals surface area (Å²) < 4.78 is 5.35. The summed E-state index contributed by atoms with van der Waals surface area (Å²) in [4.78, 5) is 11.9. The minimum atomic E-state index is -0.461. The second-order valence-corrected chi connectivity index (χ2v) is 6.33. The predicted molar refractivity (Wildman–Crippen MR) is 82.8 cm³/mol. The molecule has 20 heavy (non-hydrogen) atoms. The maximum absolute atomic E-state index is 11.9. The number of nitrogens with one attached hydrogen (secondary N) is 1. The van der Waals surface area contributed by atoms with Crippen molar-refractivity contribution in [3.63, 3.8) is 0 Å². The molecule has 0 aliphatic heterocycles. The fraction of sp³-hybridized carbons (Fsp3) is 0.588. The van der Waals surface area contributed by atoms with E-state index in [0.717, 1.165) is 12.8 Å². The molecule has 0 radical (unpaired) electrons. The molecule has 2 atom stereocenters. The third kappa shape index (κ3) is 6.09. The van der Waals surface area contributed by atoms with Crippen molar-refractivity contribution < 1.29 is 9.53 Å². The zero-order valence-corrected chi connectivity index (χ0v) is 13.3. The molecule has 0 bridgehead atoms. The van der Waals surface area contributed by atoms with Gasteiger partial charge in [-0.1, -0.05) is 50.6 Å². The van der Waals surface area contributed by atoms with E-state index in [1.54, 1.807) is 0 Å². The highest BCUT2D eigenvalue weighted by molar-refractivity contribution is 5.68. The van der Waals surface area contributed by atoms with Crippen molar-refractivity contribution in [2.24, 2.45) is 5.92 Å². The number of amides is 1. The lowest BCUT2D eigenvalue weighted by atomic mass is 9.93. The van der Waals surface area contributed by atoms with Crippen LogP contribution in [0.5, 0.6) is 0 Å². The summed E-state index contributed by atoms with van der Waals surface area (Å²) >= 11 is 0. The molecule has 1 aromatic rings. The molecule has 1 rings (SSSR count). The number of ether oxygens (including phenoxy) is 1. The molecule has 0 spiro atoms. The lowest BCUT2D eigenvalue weighted by Gasteiger charge is -2.27. The highest BCUT2D eigenvalue weighted by atomic mass is 16.6. The molecule has 0 heterocycles. The zero-order valence-electron chi connectivity index (χ0n) is 13.3. The second kappa shape index (κ2) is 7.32. The van der Waals surface area contributed by atoms with Crippen LogP contribution in [0.4, 0.5) is 4.79 Å². The van der Waals surface area contributed by atoms with E-state index in [1.165, 1.54) is 5.56 Å². The van der Waals surface area contributed by atoms with Crippen LogP contribution in [0.3, 0.4) is 0 Å². The molecule has 3 nitrogen and oxygen atoms in total. The van der Waals surface area contributed by atoms with Crippen LogP contribution in [-0.4, -0.2) is 17.7 Å². The summed E-state index contributed by atoms with van der Waals surface area (Å²) in [5.74, 6) is 0.405. The van der Waals surface area contributed by atoms with E-state index in [1.807, 2.05) is 39.0 Å². The third-order valence-corrected chi connectivity index (χ3v) is 3.33. The molecular weight excluding hydrogens is 250 g/mol.